The lowest BCUT2D eigenvalue weighted by molar-refractivity contribution is -0.113. The van der Waals surface area contributed by atoms with E-state index in [0.717, 1.165) is 54.0 Å². The molecule has 2 heterocycles. The monoisotopic (exact) mass is 451 g/mol. The van der Waals surface area contributed by atoms with Crippen molar-refractivity contribution in [1.82, 2.24) is 10.2 Å². The summed E-state index contributed by atoms with van der Waals surface area (Å²) in [7, 11) is 0. The van der Waals surface area contributed by atoms with Gasteiger partial charge in [-0.2, -0.15) is 0 Å². The van der Waals surface area contributed by atoms with Gasteiger partial charge in [-0.3, -0.25) is 4.79 Å². The van der Waals surface area contributed by atoms with E-state index in [4.69, 9.17) is 0 Å². The Labute approximate surface area is 191 Å². The van der Waals surface area contributed by atoms with Crippen LogP contribution in [0.15, 0.2) is 59.6 Å². The summed E-state index contributed by atoms with van der Waals surface area (Å²) in [6.07, 6.45) is 0. The average Bonchev–Trinajstić information content (AvgIpc) is 2.81. The average molecular weight is 452 g/mol. The number of nitrogens with one attached hydrogen (secondary N) is 1. The number of nitrogens with zero attached hydrogens (tertiary/aromatic N) is 4. The molecule has 1 aliphatic heterocycles. The first-order valence-corrected chi connectivity index (χ1v) is 11.6. The second kappa shape index (κ2) is 9.99. The van der Waals surface area contributed by atoms with Gasteiger partial charge >= 0.3 is 0 Å². The Morgan fingerprint density at radius 3 is 2.34 bits per heavy atom. The molecule has 8 heteroatoms. The largest absolute Gasteiger partial charge is 0.368 e. The first-order chi connectivity index (χ1) is 15.5. The van der Waals surface area contributed by atoms with Crippen LogP contribution in [0.3, 0.4) is 0 Å². The normalized spacial score (nSPS) is 13.8. The van der Waals surface area contributed by atoms with Crippen molar-refractivity contribution in [3.8, 4) is 0 Å². The number of rotatable bonds is 6. The Balaban J connectivity index is 1.26. The molecule has 0 radical (unpaired) electrons. The highest BCUT2D eigenvalue weighted by molar-refractivity contribution is 7.99. The van der Waals surface area contributed by atoms with Gasteiger partial charge in [0.05, 0.1) is 5.75 Å². The summed E-state index contributed by atoms with van der Waals surface area (Å²) in [5.74, 6) is 0.818. The van der Waals surface area contributed by atoms with Gasteiger partial charge in [-0.15, -0.1) is 10.2 Å². The second-order valence-electron chi connectivity index (χ2n) is 7.84. The molecule has 1 fully saturated rings. The van der Waals surface area contributed by atoms with E-state index < -0.39 is 0 Å². The predicted molar refractivity (Wildman–Crippen MR) is 128 cm³/mol. The molecule has 1 N–H and O–H groups in total. The second-order valence-corrected chi connectivity index (χ2v) is 8.83. The Hall–Kier alpha value is -3.13. The van der Waals surface area contributed by atoms with E-state index in [-0.39, 0.29) is 17.5 Å². The molecular formula is C24H26FN5OS. The third kappa shape index (κ3) is 5.56. The number of hydrogen-bond donors (Lipinski definition) is 1. The number of aryl methyl sites for hydroxylation is 2. The van der Waals surface area contributed by atoms with Crippen molar-refractivity contribution in [3.63, 3.8) is 0 Å². The van der Waals surface area contributed by atoms with Crippen LogP contribution in [-0.2, 0) is 4.79 Å². The summed E-state index contributed by atoms with van der Waals surface area (Å²) in [4.78, 5) is 16.7. The van der Waals surface area contributed by atoms with Crippen LogP contribution in [0.5, 0.6) is 0 Å². The quantitative estimate of drug-likeness (QED) is 0.564. The molecule has 1 aliphatic rings. The highest BCUT2D eigenvalue weighted by atomic mass is 32.2. The van der Waals surface area contributed by atoms with Crippen molar-refractivity contribution in [1.29, 1.82) is 0 Å². The van der Waals surface area contributed by atoms with Crippen LogP contribution >= 0.6 is 11.8 Å². The number of piperazine rings is 1. The number of thioether (sulfide) groups is 1. The fourth-order valence-electron chi connectivity index (χ4n) is 3.68. The number of hydrogen-bond acceptors (Lipinski definition) is 6. The Bertz CT molecular complexity index is 1070. The summed E-state index contributed by atoms with van der Waals surface area (Å²) in [6.45, 7) is 7.32. The van der Waals surface area contributed by atoms with Crippen LogP contribution in [0.4, 0.5) is 21.6 Å². The molecule has 3 aromatic rings. The summed E-state index contributed by atoms with van der Waals surface area (Å²) in [6, 6.07) is 16.4. The fourth-order valence-corrected chi connectivity index (χ4v) is 4.30. The molecule has 32 heavy (non-hydrogen) atoms. The number of aromatic nitrogens is 2. The number of amides is 1. The van der Waals surface area contributed by atoms with Gasteiger partial charge in [0.25, 0.3) is 0 Å². The zero-order chi connectivity index (χ0) is 22.5. The number of carbonyl (C=O) groups excluding carboxylic acids is 1. The molecule has 4 rings (SSSR count). The van der Waals surface area contributed by atoms with Gasteiger partial charge in [0.15, 0.2) is 5.82 Å². The maximum atomic E-state index is 13.1. The highest BCUT2D eigenvalue weighted by Crippen LogP contribution is 2.22. The lowest BCUT2D eigenvalue weighted by Gasteiger charge is -2.36. The third-order valence-corrected chi connectivity index (χ3v) is 6.35. The third-order valence-electron chi connectivity index (χ3n) is 5.43. The molecular weight excluding hydrogens is 425 g/mol. The Morgan fingerprint density at radius 2 is 1.69 bits per heavy atom. The number of benzene rings is 2. The van der Waals surface area contributed by atoms with E-state index in [0.29, 0.717) is 0 Å². The Kier molecular flexibility index (Phi) is 6.90. The van der Waals surface area contributed by atoms with Gasteiger partial charge in [-0.05, 0) is 61.9 Å². The van der Waals surface area contributed by atoms with Crippen molar-refractivity contribution in [2.24, 2.45) is 0 Å². The molecule has 6 nitrogen and oxygen atoms in total. The minimum Gasteiger partial charge on any atom is -0.368 e. The van der Waals surface area contributed by atoms with E-state index in [1.807, 2.05) is 56.3 Å². The van der Waals surface area contributed by atoms with Crippen LogP contribution in [0, 0.1) is 19.7 Å². The molecule has 0 saturated carbocycles. The fraction of sp³-hybridized carbons (Fsp3) is 0.292. The van der Waals surface area contributed by atoms with Gasteiger partial charge in [-0.1, -0.05) is 29.5 Å². The molecule has 1 aromatic heterocycles. The maximum absolute atomic E-state index is 13.1. The van der Waals surface area contributed by atoms with Crippen LogP contribution in [-0.4, -0.2) is 48.0 Å². The number of halogens is 1. The molecule has 166 valence electrons. The number of anilines is 3. The van der Waals surface area contributed by atoms with Crippen molar-refractivity contribution in [3.05, 3.63) is 71.5 Å². The van der Waals surface area contributed by atoms with E-state index in [2.05, 4.69) is 25.3 Å². The van der Waals surface area contributed by atoms with Crippen LogP contribution in [0.25, 0.3) is 0 Å². The summed E-state index contributed by atoms with van der Waals surface area (Å²) >= 11 is 1.37. The molecule has 2 aromatic carbocycles. The molecule has 0 atom stereocenters. The molecule has 1 amide bonds. The maximum Gasteiger partial charge on any atom is 0.234 e. The smallest absolute Gasteiger partial charge is 0.234 e. The first-order valence-electron chi connectivity index (χ1n) is 10.6. The first kappa shape index (κ1) is 22.1. The van der Waals surface area contributed by atoms with Gasteiger partial charge in [0.1, 0.15) is 10.8 Å². The van der Waals surface area contributed by atoms with E-state index in [9.17, 15) is 9.18 Å². The van der Waals surface area contributed by atoms with Gasteiger partial charge in [0, 0.05) is 37.6 Å². The standard InChI is InChI=1S/C24H26FN5OS/c1-17-3-8-21(18(2)15-17)26-23(31)16-32-24-10-9-22(27-28-24)30-13-11-29(12-14-30)20-6-4-19(25)5-7-20/h3-10,15H,11-14,16H2,1-2H3,(H,26,31). The molecule has 0 spiro atoms. The van der Waals surface area contributed by atoms with Gasteiger partial charge < -0.3 is 15.1 Å². The summed E-state index contributed by atoms with van der Waals surface area (Å²) in [5, 5.41) is 12.3. The van der Waals surface area contributed by atoms with E-state index in [1.165, 1.54) is 29.5 Å². The van der Waals surface area contributed by atoms with Gasteiger partial charge in [-0.25, -0.2) is 4.39 Å². The van der Waals surface area contributed by atoms with Gasteiger partial charge in [0.2, 0.25) is 5.91 Å². The lowest BCUT2D eigenvalue weighted by atomic mass is 10.1. The molecule has 0 unspecified atom stereocenters. The van der Waals surface area contributed by atoms with Crippen LogP contribution in [0.1, 0.15) is 11.1 Å². The highest BCUT2D eigenvalue weighted by Gasteiger charge is 2.19. The van der Waals surface area contributed by atoms with Crippen molar-refractivity contribution in [2.75, 3.05) is 47.0 Å². The minimum absolute atomic E-state index is 0.0651. The molecule has 1 saturated heterocycles. The van der Waals surface area contributed by atoms with Crippen LogP contribution in [0.2, 0.25) is 0 Å². The van der Waals surface area contributed by atoms with E-state index >= 15 is 0 Å². The van der Waals surface area contributed by atoms with Crippen LogP contribution < -0.4 is 15.1 Å². The molecule has 0 bridgehead atoms. The zero-order valence-corrected chi connectivity index (χ0v) is 19.0. The van der Waals surface area contributed by atoms with Crippen molar-refractivity contribution >= 4 is 34.9 Å². The minimum atomic E-state index is -0.219. The summed E-state index contributed by atoms with van der Waals surface area (Å²) in [5.41, 5.74) is 4.08. The predicted octanol–water partition coefficient (Wildman–Crippen LogP) is 4.29. The van der Waals surface area contributed by atoms with Crippen molar-refractivity contribution in [2.45, 2.75) is 18.9 Å². The SMILES string of the molecule is Cc1ccc(NC(=O)CSc2ccc(N3CCN(c4ccc(F)cc4)CC3)nn2)c(C)c1. The Morgan fingerprint density at radius 1 is 0.969 bits per heavy atom. The topological polar surface area (TPSA) is 61.4 Å². The zero-order valence-electron chi connectivity index (χ0n) is 18.2. The lowest BCUT2D eigenvalue weighted by Crippen LogP contribution is -2.46. The molecule has 0 aliphatic carbocycles. The number of carbonyl (C=O) groups is 1. The van der Waals surface area contributed by atoms with Crippen molar-refractivity contribution < 1.29 is 9.18 Å². The van der Waals surface area contributed by atoms with E-state index in [1.54, 1.807) is 0 Å². The summed E-state index contributed by atoms with van der Waals surface area (Å²) < 4.78 is 13.1.